The zero-order valence-corrected chi connectivity index (χ0v) is 13.5. The van der Waals surface area contributed by atoms with E-state index in [0.29, 0.717) is 16.5 Å². The van der Waals surface area contributed by atoms with Crippen LogP contribution in [0.25, 0.3) is 22.4 Å². The highest BCUT2D eigenvalue weighted by atomic mass is 35.5. The van der Waals surface area contributed by atoms with Crippen molar-refractivity contribution in [3.05, 3.63) is 35.6 Å². The molecule has 3 aromatic heterocycles. The zero-order valence-electron chi connectivity index (χ0n) is 12.7. The SMILES string of the molecule is Cc1nc(-c2cnccc2Cl)c2ncn(C3CCCCO3)c2n1. The van der Waals surface area contributed by atoms with E-state index in [1.54, 1.807) is 24.8 Å². The second-order valence-corrected chi connectivity index (χ2v) is 6.03. The van der Waals surface area contributed by atoms with E-state index in [4.69, 9.17) is 16.3 Å². The molecule has 23 heavy (non-hydrogen) atoms. The smallest absolute Gasteiger partial charge is 0.166 e. The largest absolute Gasteiger partial charge is 0.358 e. The lowest BCUT2D eigenvalue weighted by molar-refractivity contribution is -0.0298. The lowest BCUT2D eigenvalue weighted by Crippen LogP contribution is -2.17. The number of halogens is 1. The standard InChI is InChI=1S/C16H16ClN5O/c1-10-20-14(11-8-18-6-5-12(11)17)15-16(21-10)22(9-19-15)13-4-2-3-7-23-13/h5-6,8-9,13H,2-4,7H2,1H3. The van der Waals surface area contributed by atoms with E-state index in [9.17, 15) is 0 Å². The third-order valence-electron chi connectivity index (χ3n) is 4.02. The van der Waals surface area contributed by atoms with Crippen molar-refractivity contribution in [2.24, 2.45) is 0 Å². The van der Waals surface area contributed by atoms with Crippen LogP contribution in [0.3, 0.4) is 0 Å². The Bertz CT molecular complexity index is 857. The molecule has 1 aliphatic rings. The quantitative estimate of drug-likeness (QED) is 0.719. The van der Waals surface area contributed by atoms with Crippen LogP contribution in [-0.2, 0) is 4.74 Å². The summed E-state index contributed by atoms with van der Waals surface area (Å²) in [6, 6.07) is 1.75. The van der Waals surface area contributed by atoms with E-state index in [1.165, 1.54) is 0 Å². The molecule has 0 bridgehead atoms. The van der Waals surface area contributed by atoms with Crippen LogP contribution < -0.4 is 0 Å². The number of aromatic nitrogens is 5. The Hall–Kier alpha value is -2.05. The zero-order chi connectivity index (χ0) is 15.8. The second kappa shape index (κ2) is 5.86. The average Bonchev–Trinajstić information content (AvgIpc) is 2.99. The number of hydrogen-bond acceptors (Lipinski definition) is 5. The van der Waals surface area contributed by atoms with Gasteiger partial charge in [-0.3, -0.25) is 9.55 Å². The molecule has 1 saturated heterocycles. The fourth-order valence-corrected chi connectivity index (χ4v) is 3.11. The summed E-state index contributed by atoms with van der Waals surface area (Å²) in [5.41, 5.74) is 2.97. The Balaban J connectivity index is 1.90. The Kier molecular flexibility index (Phi) is 3.71. The molecule has 1 fully saturated rings. The van der Waals surface area contributed by atoms with Gasteiger partial charge >= 0.3 is 0 Å². The van der Waals surface area contributed by atoms with Crippen LogP contribution in [0.2, 0.25) is 5.02 Å². The highest BCUT2D eigenvalue weighted by Gasteiger charge is 2.21. The molecule has 0 amide bonds. The summed E-state index contributed by atoms with van der Waals surface area (Å²) in [5.74, 6) is 0.671. The molecule has 0 aromatic carbocycles. The average molecular weight is 330 g/mol. The van der Waals surface area contributed by atoms with Crippen LogP contribution in [0.4, 0.5) is 0 Å². The Labute approximate surface area is 138 Å². The molecule has 0 aliphatic carbocycles. The molecule has 1 aliphatic heterocycles. The van der Waals surface area contributed by atoms with E-state index >= 15 is 0 Å². The molecule has 4 rings (SSSR count). The summed E-state index contributed by atoms with van der Waals surface area (Å²) < 4.78 is 7.86. The van der Waals surface area contributed by atoms with Crippen molar-refractivity contribution in [1.82, 2.24) is 24.5 Å². The summed E-state index contributed by atoms with van der Waals surface area (Å²) in [6.07, 6.45) is 8.36. The molecule has 0 spiro atoms. The lowest BCUT2D eigenvalue weighted by atomic mass is 10.1. The first-order chi connectivity index (χ1) is 11.2. The normalized spacial score (nSPS) is 18.4. The number of imidazole rings is 1. The van der Waals surface area contributed by atoms with Gasteiger partial charge in [0.25, 0.3) is 0 Å². The molecule has 4 heterocycles. The maximum Gasteiger partial charge on any atom is 0.166 e. The van der Waals surface area contributed by atoms with Crippen LogP contribution in [0, 0.1) is 6.92 Å². The minimum atomic E-state index is -0.0136. The van der Waals surface area contributed by atoms with Crippen LogP contribution in [0.15, 0.2) is 24.8 Å². The topological polar surface area (TPSA) is 65.7 Å². The minimum absolute atomic E-state index is 0.0136. The van der Waals surface area contributed by atoms with Crippen molar-refractivity contribution in [2.45, 2.75) is 32.4 Å². The molecule has 118 valence electrons. The summed E-state index contributed by atoms with van der Waals surface area (Å²) >= 11 is 6.31. The van der Waals surface area contributed by atoms with Gasteiger partial charge in [-0.05, 0) is 32.3 Å². The van der Waals surface area contributed by atoms with E-state index in [2.05, 4.69) is 19.9 Å². The van der Waals surface area contributed by atoms with Gasteiger partial charge < -0.3 is 4.74 Å². The fraction of sp³-hybridized carbons (Fsp3) is 0.375. The number of aryl methyl sites for hydroxylation is 1. The van der Waals surface area contributed by atoms with Gasteiger partial charge in [-0.15, -0.1) is 0 Å². The van der Waals surface area contributed by atoms with Crippen molar-refractivity contribution in [2.75, 3.05) is 6.61 Å². The summed E-state index contributed by atoms with van der Waals surface area (Å²) in [6.45, 7) is 2.64. The Morgan fingerprint density at radius 1 is 1.30 bits per heavy atom. The maximum absolute atomic E-state index is 6.31. The number of ether oxygens (including phenoxy) is 1. The van der Waals surface area contributed by atoms with Gasteiger partial charge in [0.05, 0.1) is 11.3 Å². The Morgan fingerprint density at radius 3 is 3.00 bits per heavy atom. The van der Waals surface area contributed by atoms with Crippen LogP contribution >= 0.6 is 11.6 Å². The number of rotatable bonds is 2. The third-order valence-corrected chi connectivity index (χ3v) is 4.35. The number of pyridine rings is 1. The van der Waals surface area contributed by atoms with Crippen LogP contribution in [0.1, 0.15) is 31.3 Å². The first-order valence-corrected chi connectivity index (χ1v) is 8.04. The molecule has 3 aromatic rings. The summed E-state index contributed by atoms with van der Waals surface area (Å²) in [5, 5.41) is 0.600. The van der Waals surface area contributed by atoms with Crippen molar-refractivity contribution in [3.8, 4) is 11.3 Å². The van der Waals surface area contributed by atoms with Gasteiger partial charge in [0, 0.05) is 24.6 Å². The molecular formula is C16H16ClN5O. The molecule has 0 saturated carbocycles. The number of fused-ring (bicyclic) bond motifs is 1. The number of nitrogens with zero attached hydrogens (tertiary/aromatic N) is 5. The maximum atomic E-state index is 6.31. The minimum Gasteiger partial charge on any atom is -0.358 e. The predicted molar refractivity (Wildman–Crippen MR) is 87.1 cm³/mol. The summed E-state index contributed by atoms with van der Waals surface area (Å²) in [4.78, 5) is 17.8. The van der Waals surface area contributed by atoms with Crippen molar-refractivity contribution >= 4 is 22.8 Å². The van der Waals surface area contributed by atoms with Gasteiger partial charge in [0.2, 0.25) is 0 Å². The third kappa shape index (κ3) is 2.58. The molecule has 1 unspecified atom stereocenters. The van der Waals surface area contributed by atoms with Gasteiger partial charge in [-0.1, -0.05) is 11.6 Å². The van der Waals surface area contributed by atoms with Gasteiger partial charge in [-0.2, -0.15) is 0 Å². The fourth-order valence-electron chi connectivity index (χ4n) is 2.92. The van der Waals surface area contributed by atoms with Gasteiger partial charge in [0.1, 0.15) is 23.3 Å². The first-order valence-electron chi connectivity index (χ1n) is 7.66. The van der Waals surface area contributed by atoms with Gasteiger partial charge in [-0.25, -0.2) is 15.0 Å². The van der Waals surface area contributed by atoms with Crippen LogP contribution in [0.5, 0.6) is 0 Å². The molecular weight excluding hydrogens is 314 g/mol. The molecule has 6 nitrogen and oxygen atoms in total. The molecule has 0 radical (unpaired) electrons. The predicted octanol–water partition coefficient (Wildman–Crippen LogP) is 3.55. The van der Waals surface area contributed by atoms with E-state index < -0.39 is 0 Å². The van der Waals surface area contributed by atoms with E-state index in [0.717, 1.165) is 42.6 Å². The van der Waals surface area contributed by atoms with E-state index in [-0.39, 0.29) is 6.23 Å². The Morgan fingerprint density at radius 2 is 2.22 bits per heavy atom. The van der Waals surface area contributed by atoms with Crippen molar-refractivity contribution in [1.29, 1.82) is 0 Å². The molecule has 1 atom stereocenters. The lowest BCUT2D eigenvalue weighted by Gasteiger charge is -2.23. The molecule has 7 heteroatoms. The molecule has 0 N–H and O–H groups in total. The van der Waals surface area contributed by atoms with Gasteiger partial charge in [0.15, 0.2) is 5.65 Å². The summed E-state index contributed by atoms with van der Waals surface area (Å²) in [7, 11) is 0. The van der Waals surface area contributed by atoms with Crippen molar-refractivity contribution in [3.63, 3.8) is 0 Å². The number of hydrogen-bond donors (Lipinski definition) is 0. The highest BCUT2D eigenvalue weighted by molar-refractivity contribution is 6.33. The second-order valence-electron chi connectivity index (χ2n) is 5.62. The monoisotopic (exact) mass is 329 g/mol. The van der Waals surface area contributed by atoms with Crippen molar-refractivity contribution < 1.29 is 4.74 Å². The van der Waals surface area contributed by atoms with E-state index in [1.807, 2.05) is 11.5 Å². The first kappa shape index (κ1) is 14.5. The van der Waals surface area contributed by atoms with Crippen LogP contribution in [-0.4, -0.2) is 31.1 Å². The highest BCUT2D eigenvalue weighted by Crippen LogP contribution is 2.32.